The van der Waals surface area contributed by atoms with Crippen molar-refractivity contribution in [2.75, 3.05) is 7.05 Å². The third kappa shape index (κ3) is 6.41. The molecular formula is C20H30Cl2N2O2. The topological polar surface area (TPSA) is 75.3 Å². The molecule has 4 nitrogen and oxygen atoms in total. The van der Waals surface area contributed by atoms with Crippen LogP contribution in [0.4, 0.5) is 0 Å². The van der Waals surface area contributed by atoms with Gasteiger partial charge in [0, 0.05) is 19.0 Å². The Morgan fingerprint density at radius 2 is 1.96 bits per heavy atom. The first-order valence-electron chi connectivity index (χ1n) is 9.49. The molecule has 1 aromatic carbocycles. The summed E-state index contributed by atoms with van der Waals surface area (Å²) in [5.74, 6) is 0.145. The smallest absolute Gasteiger partial charge is 0.223 e. The first-order chi connectivity index (χ1) is 12.4. The van der Waals surface area contributed by atoms with Crippen molar-refractivity contribution < 1.29 is 9.90 Å². The summed E-state index contributed by atoms with van der Waals surface area (Å²) in [5.41, 5.74) is 7.17. The molecule has 146 valence electrons. The summed E-state index contributed by atoms with van der Waals surface area (Å²) in [5, 5.41) is 14.2. The number of aliphatic hydroxyl groups is 1. The van der Waals surface area contributed by atoms with Gasteiger partial charge >= 0.3 is 0 Å². The van der Waals surface area contributed by atoms with Gasteiger partial charge in [0.1, 0.15) is 0 Å². The van der Waals surface area contributed by atoms with Gasteiger partial charge in [-0.15, -0.1) is 0 Å². The Kier molecular flexibility index (Phi) is 8.68. The van der Waals surface area contributed by atoms with Crippen molar-refractivity contribution in [1.29, 1.82) is 0 Å². The van der Waals surface area contributed by atoms with Gasteiger partial charge in [-0.25, -0.2) is 0 Å². The van der Waals surface area contributed by atoms with E-state index >= 15 is 0 Å². The summed E-state index contributed by atoms with van der Waals surface area (Å²) in [4.78, 5) is 12.3. The normalized spacial score (nSPS) is 19.0. The molecule has 0 bridgehead atoms. The maximum atomic E-state index is 12.3. The molecule has 2 rings (SSSR count). The number of aliphatic hydroxyl groups excluding tert-OH is 1. The van der Waals surface area contributed by atoms with Crippen molar-refractivity contribution in [2.24, 2.45) is 17.6 Å². The third-order valence-electron chi connectivity index (χ3n) is 5.43. The molecule has 1 amide bonds. The molecule has 0 aromatic heterocycles. The second-order valence-corrected chi connectivity index (χ2v) is 8.28. The molecule has 0 saturated heterocycles. The molecule has 0 radical (unpaired) electrons. The highest BCUT2D eigenvalue weighted by Crippen LogP contribution is 2.29. The monoisotopic (exact) mass is 400 g/mol. The van der Waals surface area contributed by atoms with Crippen LogP contribution in [0.5, 0.6) is 0 Å². The average molecular weight is 401 g/mol. The highest BCUT2D eigenvalue weighted by Gasteiger charge is 2.27. The van der Waals surface area contributed by atoms with Crippen LogP contribution in [0.25, 0.3) is 0 Å². The minimum Gasteiger partial charge on any atom is -0.391 e. The Bertz CT molecular complexity index is 591. The van der Waals surface area contributed by atoms with Gasteiger partial charge in [-0.2, -0.15) is 0 Å². The largest absolute Gasteiger partial charge is 0.391 e. The number of nitrogens with two attached hydrogens (primary N) is 1. The van der Waals surface area contributed by atoms with Gasteiger partial charge in [-0.1, -0.05) is 61.4 Å². The van der Waals surface area contributed by atoms with Gasteiger partial charge in [-0.05, 0) is 42.9 Å². The van der Waals surface area contributed by atoms with Crippen LogP contribution >= 0.6 is 23.2 Å². The fourth-order valence-electron chi connectivity index (χ4n) is 3.87. The first kappa shape index (κ1) is 21.5. The Balaban J connectivity index is 1.96. The van der Waals surface area contributed by atoms with Crippen LogP contribution < -0.4 is 11.1 Å². The quantitative estimate of drug-likeness (QED) is 0.618. The van der Waals surface area contributed by atoms with Gasteiger partial charge in [0.25, 0.3) is 0 Å². The van der Waals surface area contributed by atoms with Crippen LogP contribution in [0.1, 0.15) is 50.5 Å². The Morgan fingerprint density at radius 3 is 2.58 bits per heavy atom. The summed E-state index contributed by atoms with van der Waals surface area (Å²) >= 11 is 12.0. The van der Waals surface area contributed by atoms with Gasteiger partial charge in [-0.3, -0.25) is 4.79 Å². The Labute approximate surface area is 166 Å². The zero-order valence-electron chi connectivity index (χ0n) is 15.4. The van der Waals surface area contributed by atoms with Crippen LogP contribution in [0, 0.1) is 11.8 Å². The van der Waals surface area contributed by atoms with E-state index in [1.165, 1.54) is 32.1 Å². The fourth-order valence-corrected chi connectivity index (χ4v) is 4.19. The van der Waals surface area contributed by atoms with Crippen LogP contribution in [0.15, 0.2) is 18.2 Å². The Morgan fingerprint density at radius 1 is 1.27 bits per heavy atom. The lowest BCUT2D eigenvalue weighted by Crippen LogP contribution is -2.41. The van der Waals surface area contributed by atoms with E-state index in [9.17, 15) is 9.90 Å². The molecule has 1 aliphatic carbocycles. The van der Waals surface area contributed by atoms with Crippen LogP contribution in [-0.4, -0.2) is 30.2 Å². The zero-order chi connectivity index (χ0) is 19.1. The molecule has 0 heterocycles. The number of amides is 1. The molecular weight excluding hydrogens is 371 g/mol. The molecule has 4 N–H and O–H groups in total. The lowest BCUT2D eigenvalue weighted by molar-refractivity contribution is -0.125. The molecule has 1 saturated carbocycles. The molecule has 26 heavy (non-hydrogen) atoms. The molecule has 3 atom stereocenters. The number of nitrogens with one attached hydrogen (secondary N) is 1. The number of rotatable bonds is 8. The van der Waals surface area contributed by atoms with Crippen molar-refractivity contribution in [2.45, 2.75) is 63.5 Å². The molecule has 0 aliphatic heterocycles. The van der Waals surface area contributed by atoms with E-state index in [2.05, 4.69) is 5.32 Å². The van der Waals surface area contributed by atoms with E-state index in [1.54, 1.807) is 19.2 Å². The lowest BCUT2D eigenvalue weighted by atomic mass is 9.82. The summed E-state index contributed by atoms with van der Waals surface area (Å²) in [6.45, 7) is 0. The van der Waals surface area contributed by atoms with Gasteiger partial charge in [0.15, 0.2) is 0 Å². The number of hydrogen-bond acceptors (Lipinski definition) is 3. The molecule has 6 heteroatoms. The van der Waals surface area contributed by atoms with E-state index in [-0.39, 0.29) is 17.9 Å². The summed E-state index contributed by atoms with van der Waals surface area (Å²) in [7, 11) is 1.61. The van der Waals surface area contributed by atoms with Crippen LogP contribution in [-0.2, 0) is 11.2 Å². The number of hydrogen-bond donors (Lipinski definition) is 3. The average Bonchev–Trinajstić information content (AvgIpc) is 2.64. The maximum Gasteiger partial charge on any atom is 0.223 e. The second kappa shape index (κ2) is 10.5. The first-order valence-corrected chi connectivity index (χ1v) is 10.3. The number of carbonyl (C=O) groups excluding carboxylic acids is 1. The Hall–Kier alpha value is -0.810. The predicted octanol–water partition coefficient (Wildman–Crippen LogP) is 3.95. The number of benzene rings is 1. The predicted molar refractivity (Wildman–Crippen MR) is 108 cm³/mol. The van der Waals surface area contributed by atoms with Gasteiger partial charge in [0.2, 0.25) is 5.91 Å². The van der Waals surface area contributed by atoms with Crippen molar-refractivity contribution in [3.8, 4) is 0 Å². The minimum absolute atomic E-state index is 0.0972. The summed E-state index contributed by atoms with van der Waals surface area (Å²) in [6.07, 6.45) is 7.17. The number of carbonyl (C=O) groups is 1. The zero-order valence-corrected chi connectivity index (χ0v) is 16.9. The minimum atomic E-state index is -0.693. The SMILES string of the molecule is CNC(=O)[C@H](Cc1ccc(Cl)c(Cl)c1)C[C@H](O)[C@@H](N)CC1CCCCC1. The van der Waals surface area contributed by atoms with Crippen LogP contribution in [0.2, 0.25) is 10.0 Å². The van der Waals surface area contributed by atoms with E-state index in [0.29, 0.717) is 28.8 Å². The van der Waals surface area contributed by atoms with Gasteiger partial charge < -0.3 is 16.2 Å². The molecule has 1 aromatic rings. The van der Waals surface area contributed by atoms with Crippen molar-refractivity contribution >= 4 is 29.1 Å². The fraction of sp³-hybridized carbons (Fsp3) is 0.650. The maximum absolute atomic E-state index is 12.3. The van der Waals surface area contributed by atoms with E-state index in [0.717, 1.165) is 12.0 Å². The second-order valence-electron chi connectivity index (χ2n) is 7.47. The van der Waals surface area contributed by atoms with E-state index < -0.39 is 6.10 Å². The van der Waals surface area contributed by atoms with E-state index in [1.807, 2.05) is 6.07 Å². The molecule has 1 fully saturated rings. The highest BCUT2D eigenvalue weighted by atomic mass is 35.5. The standard InChI is InChI=1S/C20H30Cl2N2O2/c1-24-20(26)15(9-14-7-8-16(21)17(22)10-14)12-19(25)18(23)11-13-5-3-2-4-6-13/h7-8,10,13,15,18-19,25H,2-6,9,11-12,23H2,1H3,(H,24,26)/t15-,18+,19+/m1/s1. The van der Waals surface area contributed by atoms with Crippen molar-refractivity contribution in [3.63, 3.8) is 0 Å². The number of halogens is 2. The summed E-state index contributed by atoms with van der Waals surface area (Å²) < 4.78 is 0. The van der Waals surface area contributed by atoms with Gasteiger partial charge in [0.05, 0.1) is 16.1 Å². The summed E-state index contributed by atoms with van der Waals surface area (Å²) in [6, 6.07) is 5.07. The third-order valence-corrected chi connectivity index (χ3v) is 6.17. The molecule has 1 aliphatic rings. The molecule has 0 spiro atoms. The van der Waals surface area contributed by atoms with Crippen molar-refractivity contribution in [3.05, 3.63) is 33.8 Å². The van der Waals surface area contributed by atoms with Crippen LogP contribution in [0.3, 0.4) is 0 Å². The molecule has 0 unspecified atom stereocenters. The van der Waals surface area contributed by atoms with Crippen molar-refractivity contribution in [1.82, 2.24) is 5.32 Å². The van der Waals surface area contributed by atoms with E-state index in [4.69, 9.17) is 28.9 Å². The lowest BCUT2D eigenvalue weighted by Gasteiger charge is -2.28. The highest BCUT2D eigenvalue weighted by molar-refractivity contribution is 6.42.